The van der Waals surface area contributed by atoms with Gasteiger partial charge in [-0.2, -0.15) is 0 Å². The molecule has 0 aliphatic carbocycles. The summed E-state index contributed by atoms with van der Waals surface area (Å²) in [5, 5.41) is 14.0. The van der Waals surface area contributed by atoms with E-state index >= 15 is 0 Å². The Morgan fingerprint density at radius 1 is 1.32 bits per heavy atom. The number of hydrogen-bond donors (Lipinski definition) is 1. The van der Waals surface area contributed by atoms with Gasteiger partial charge >= 0.3 is 5.69 Å². The zero-order valence-corrected chi connectivity index (χ0v) is 10.4. The van der Waals surface area contributed by atoms with Crippen LogP contribution in [0.3, 0.4) is 0 Å². The molecule has 3 aromatic rings. The third-order valence-electron chi connectivity index (χ3n) is 2.72. The van der Waals surface area contributed by atoms with Gasteiger partial charge in [-0.3, -0.25) is 10.1 Å². The molecule has 0 saturated heterocycles. The molecule has 0 fully saturated rings. The fraction of sp³-hybridized carbons (Fsp3) is 0. The lowest BCUT2D eigenvalue weighted by Gasteiger charge is -2.04. The first-order valence-corrected chi connectivity index (χ1v) is 6.28. The Morgan fingerprint density at radius 3 is 2.95 bits per heavy atom. The lowest BCUT2D eigenvalue weighted by Crippen LogP contribution is -2.01. The second-order valence-electron chi connectivity index (χ2n) is 3.86. The molecule has 0 unspecified atom stereocenters. The van der Waals surface area contributed by atoms with Crippen LogP contribution in [-0.2, 0) is 0 Å². The monoisotopic (exact) mass is 272 g/mol. The Kier molecular flexibility index (Phi) is 2.60. The van der Waals surface area contributed by atoms with Crippen molar-refractivity contribution >= 4 is 33.1 Å². The summed E-state index contributed by atoms with van der Waals surface area (Å²) in [5.41, 5.74) is 6.36. The van der Waals surface area contributed by atoms with Crippen LogP contribution in [0.1, 0.15) is 0 Å². The minimum Gasteiger partial charge on any atom is -0.368 e. The van der Waals surface area contributed by atoms with E-state index < -0.39 is 4.92 Å². The first-order chi connectivity index (χ1) is 9.16. The summed E-state index contributed by atoms with van der Waals surface area (Å²) in [7, 11) is 0. The quantitative estimate of drug-likeness (QED) is 0.571. The van der Waals surface area contributed by atoms with Crippen molar-refractivity contribution in [1.82, 2.24) is 9.97 Å². The van der Waals surface area contributed by atoms with Crippen molar-refractivity contribution in [2.24, 2.45) is 0 Å². The molecule has 94 valence electrons. The number of fused-ring (bicyclic) bond motifs is 1. The molecule has 0 aliphatic heterocycles. The molecule has 0 radical (unpaired) electrons. The number of thiophene rings is 1. The molecule has 2 heterocycles. The number of nitrogens with two attached hydrogens (primary N) is 1. The van der Waals surface area contributed by atoms with Crippen LogP contribution in [0.4, 0.5) is 11.6 Å². The van der Waals surface area contributed by atoms with Gasteiger partial charge in [0.25, 0.3) is 0 Å². The maximum atomic E-state index is 11.1. The second-order valence-corrected chi connectivity index (χ2v) is 4.78. The molecule has 0 saturated carbocycles. The summed E-state index contributed by atoms with van der Waals surface area (Å²) in [6.07, 6.45) is 1.14. The van der Waals surface area contributed by atoms with Gasteiger partial charge in [0, 0.05) is 10.3 Å². The number of nitro groups is 1. The molecule has 7 heteroatoms. The topological polar surface area (TPSA) is 94.9 Å². The number of rotatable bonds is 2. The van der Waals surface area contributed by atoms with E-state index in [0.29, 0.717) is 5.56 Å². The minimum atomic E-state index is -0.499. The highest BCUT2D eigenvalue weighted by molar-refractivity contribution is 7.17. The van der Waals surface area contributed by atoms with Crippen LogP contribution in [0.15, 0.2) is 35.8 Å². The van der Waals surface area contributed by atoms with Crippen molar-refractivity contribution in [2.75, 3.05) is 5.73 Å². The van der Waals surface area contributed by atoms with Crippen LogP contribution in [0, 0.1) is 10.1 Å². The zero-order chi connectivity index (χ0) is 13.4. The fourth-order valence-electron chi connectivity index (χ4n) is 1.90. The van der Waals surface area contributed by atoms with E-state index in [4.69, 9.17) is 5.73 Å². The minimum absolute atomic E-state index is 0.0224. The van der Waals surface area contributed by atoms with Gasteiger partial charge in [-0.25, -0.2) is 9.97 Å². The molecule has 2 N–H and O–H groups in total. The van der Waals surface area contributed by atoms with Crippen molar-refractivity contribution in [3.63, 3.8) is 0 Å². The summed E-state index contributed by atoms with van der Waals surface area (Å²) >= 11 is 1.51. The van der Waals surface area contributed by atoms with Crippen LogP contribution in [0.2, 0.25) is 0 Å². The van der Waals surface area contributed by atoms with E-state index in [-0.39, 0.29) is 17.3 Å². The highest BCUT2D eigenvalue weighted by Crippen LogP contribution is 2.35. The van der Waals surface area contributed by atoms with E-state index in [1.54, 1.807) is 6.07 Å². The first kappa shape index (κ1) is 11.5. The number of benzene rings is 1. The smallest absolute Gasteiger partial charge is 0.313 e. The number of nitrogens with zero attached hydrogens (tertiary/aromatic N) is 3. The fourth-order valence-corrected chi connectivity index (χ4v) is 2.81. The van der Waals surface area contributed by atoms with Crippen molar-refractivity contribution in [2.45, 2.75) is 0 Å². The Hall–Kier alpha value is -2.54. The van der Waals surface area contributed by atoms with Crippen LogP contribution in [0.5, 0.6) is 0 Å². The largest absolute Gasteiger partial charge is 0.368 e. The summed E-state index contributed by atoms with van der Waals surface area (Å²) in [5.74, 6) is 0.0224. The van der Waals surface area contributed by atoms with Gasteiger partial charge in [0.1, 0.15) is 6.20 Å². The molecule has 0 spiro atoms. The number of hydrogen-bond acceptors (Lipinski definition) is 6. The van der Waals surface area contributed by atoms with E-state index in [1.807, 2.05) is 23.6 Å². The van der Waals surface area contributed by atoms with E-state index in [9.17, 15) is 10.1 Å². The summed E-state index contributed by atoms with van der Waals surface area (Å²) in [6.45, 7) is 0. The van der Waals surface area contributed by atoms with E-state index in [2.05, 4.69) is 9.97 Å². The Labute approximate surface area is 111 Å². The van der Waals surface area contributed by atoms with E-state index in [1.165, 1.54) is 11.3 Å². The lowest BCUT2D eigenvalue weighted by atomic mass is 10.1. The summed E-state index contributed by atoms with van der Waals surface area (Å²) in [6, 6.07) is 7.55. The van der Waals surface area contributed by atoms with Crippen LogP contribution >= 0.6 is 11.3 Å². The van der Waals surface area contributed by atoms with E-state index in [0.717, 1.165) is 16.3 Å². The third kappa shape index (κ3) is 1.89. The second kappa shape index (κ2) is 4.29. The Bertz CT molecular complexity index is 784. The molecule has 3 rings (SSSR count). The molecule has 1 aromatic carbocycles. The maximum absolute atomic E-state index is 11.1. The summed E-state index contributed by atoms with van der Waals surface area (Å²) in [4.78, 5) is 18.3. The van der Waals surface area contributed by atoms with Gasteiger partial charge in [-0.15, -0.1) is 11.3 Å². The van der Waals surface area contributed by atoms with Gasteiger partial charge in [0.2, 0.25) is 5.95 Å². The Morgan fingerprint density at radius 2 is 2.16 bits per heavy atom. The van der Waals surface area contributed by atoms with Gasteiger partial charge in [-0.05, 0) is 16.8 Å². The molecule has 0 aliphatic rings. The highest BCUT2D eigenvalue weighted by atomic mass is 32.1. The molecule has 6 nitrogen and oxygen atoms in total. The molecule has 0 bridgehead atoms. The first-order valence-electron chi connectivity index (χ1n) is 5.40. The number of anilines is 1. The molecule has 0 atom stereocenters. The van der Waals surface area contributed by atoms with Gasteiger partial charge in [0.05, 0.1) is 4.92 Å². The number of nitrogen functional groups attached to an aromatic ring is 1. The maximum Gasteiger partial charge on any atom is 0.313 e. The molecule has 0 amide bonds. The normalized spacial score (nSPS) is 10.7. The molecular formula is C12H8N4O2S. The predicted molar refractivity (Wildman–Crippen MR) is 73.9 cm³/mol. The standard InChI is InChI=1S/C12H8N4O2S/c13-12-14-6-9(16(17)18)10(15-12)8-3-1-2-7-4-5-19-11(7)8/h1-6H,(H2,13,14,15). The van der Waals surface area contributed by atoms with Crippen molar-refractivity contribution in [1.29, 1.82) is 0 Å². The molecule has 2 aromatic heterocycles. The average Bonchev–Trinajstić information content (AvgIpc) is 2.86. The SMILES string of the molecule is Nc1ncc([N+](=O)[O-])c(-c2cccc3ccsc23)n1. The van der Waals surface area contributed by atoms with Crippen molar-refractivity contribution < 1.29 is 4.92 Å². The van der Waals surface area contributed by atoms with Crippen LogP contribution < -0.4 is 5.73 Å². The van der Waals surface area contributed by atoms with Gasteiger partial charge < -0.3 is 5.73 Å². The van der Waals surface area contributed by atoms with Crippen LogP contribution in [0.25, 0.3) is 21.3 Å². The highest BCUT2D eigenvalue weighted by Gasteiger charge is 2.20. The average molecular weight is 272 g/mol. The zero-order valence-electron chi connectivity index (χ0n) is 9.61. The predicted octanol–water partition coefficient (Wildman–Crippen LogP) is 2.85. The number of aromatic nitrogens is 2. The van der Waals surface area contributed by atoms with Crippen molar-refractivity contribution in [3.8, 4) is 11.3 Å². The molecular weight excluding hydrogens is 264 g/mol. The van der Waals surface area contributed by atoms with Gasteiger partial charge in [0.15, 0.2) is 5.69 Å². The van der Waals surface area contributed by atoms with Crippen LogP contribution in [-0.4, -0.2) is 14.9 Å². The lowest BCUT2D eigenvalue weighted by molar-refractivity contribution is -0.384. The summed E-state index contributed by atoms with van der Waals surface area (Å²) < 4.78 is 0.948. The molecule has 19 heavy (non-hydrogen) atoms. The van der Waals surface area contributed by atoms with Crippen molar-refractivity contribution in [3.05, 3.63) is 46.0 Å². The Balaban J connectivity index is 2.35. The third-order valence-corrected chi connectivity index (χ3v) is 3.68. The van der Waals surface area contributed by atoms with Gasteiger partial charge in [-0.1, -0.05) is 18.2 Å².